The highest BCUT2D eigenvalue weighted by atomic mass is 16.4. The van der Waals surface area contributed by atoms with E-state index in [0.29, 0.717) is 30.9 Å². The Bertz CT molecular complexity index is 697. The van der Waals surface area contributed by atoms with E-state index in [-0.39, 0.29) is 11.8 Å². The lowest BCUT2D eigenvalue weighted by atomic mass is 9.98. The molecule has 1 aromatic heterocycles. The van der Waals surface area contributed by atoms with E-state index >= 15 is 0 Å². The van der Waals surface area contributed by atoms with Crippen molar-refractivity contribution in [1.82, 2.24) is 10.3 Å². The average molecular weight is 343 g/mol. The summed E-state index contributed by atoms with van der Waals surface area (Å²) in [6, 6.07) is 9.11. The molecule has 0 saturated carbocycles. The number of nitrogens with zero attached hydrogens (tertiary/aromatic N) is 1. The Kier molecular flexibility index (Phi) is 6.74. The highest BCUT2D eigenvalue weighted by Crippen LogP contribution is 2.20. The van der Waals surface area contributed by atoms with Crippen molar-refractivity contribution in [2.24, 2.45) is 11.7 Å². The predicted molar refractivity (Wildman–Crippen MR) is 95.5 cm³/mol. The average Bonchev–Trinajstić information content (AvgIpc) is 3.08. The van der Waals surface area contributed by atoms with Crippen LogP contribution in [0.4, 0.5) is 0 Å². The van der Waals surface area contributed by atoms with E-state index in [9.17, 15) is 9.59 Å². The summed E-state index contributed by atoms with van der Waals surface area (Å²) in [5.41, 5.74) is 6.33. The molecule has 1 heterocycles. The van der Waals surface area contributed by atoms with Gasteiger partial charge in [0.15, 0.2) is 11.7 Å². The van der Waals surface area contributed by atoms with Gasteiger partial charge in [0, 0.05) is 18.4 Å². The number of benzene rings is 1. The Balaban J connectivity index is 1.81. The van der Waals surface area contributed by atoms with Crippen LogP contribution in [0.25, 0.3) is 11.3 Å². The molecule has 2 atom stereocenters. The molecule has 6 heteroatoms. The molecule has 2 unspecified atom stereocenters. The lowest BCUT2D eigenvalue weighted by molar-refractivity contribution is -0.128. The molecule has 25 heavy (non-hydrogen) atoms. The van der Waals surface area contributed by atoms with Gasteiger partial charge in [-0.15, -0.1) is 0 Å². The minimum atomic E-state index is -0.621. The first kappa shape index (κ1) is 18.7. The maximum Gasteiger partial charge on any atom is 0.240 e. The first-order valence-electron chi connectivity index (χ1n) is 8.60. The number of aryl methyl sites for hydroxylation is 1. The zero-order valence-electron chi connectivity index (χ0n) is 14.7. The van der Waals surface area contributed by atoms with E-state index in [1.54, 1.807) is 6.20 Å². The number of carbonyl (C=O) groups is 2. The van der Waals surface area contributed by atoms with E-state index < -0.39 is 11.9 Å². The van der Waals surface area contributed by atoms with Crippen molar-refractivity contribution in [1.29, 1.82) is 0 Å². The van der Waals surface area contributed by atoms with Gasteiger partial charge >= 0.3 is 0 Å². The van der Waals surface area contributed by atoms with Crippen LogP contribution in [0.3, 0.4) is 0 Å². The first-order valence-corrected chi connectivity index (χ1v) is 8.60. The van der Waals surface area contributed by atoms with Crippen LogP contribution in [0, 0.1) is 5.92 Å². The summed E-state index contributed by atoms with van der Waals surface area (Å²) >= 11 is 0. The fourth-order valence-electron chi connectivity index (χ4n) is 2.54. The van der Waals surface area contributed by atoms with Crippen LogP contribution in [0.1, 0.15) is 39.0 Å². The molecule has 0 aliphatic rings. The van der Waals surface area contributed by atoms with Gasteiger partial charge in [-0.2, -0.15) is 0 Å². The quantitative estimate of drug-likeness (QED) is 0.731. The van der Waals surface area contributed by atoms with Gasteiger partial charge in [-0.1, -0.05) is 50.6 Å². The van der Waals surface area contributed by atoms with E-state index in [1.165, 1.54) is 0 Å². The number of rotatable bonds is 9. The van der Waals surface area contributed by atoms with E-state index in [1.807, 2.05) is 44.2 Å². The number of hydrogen-bond acceptors (Lipinski definition) is 4. The van der Waals surface area contributed by atoms with Gasteiger partial charge in [0.2, 0.25) is 11.8 Å². The summed E-state index contributed by atoms with van der Waals surface area (Å²) in [5.74, 6) is 0.647. The minimum absolute atomic E-state index is 0.0154. The van der Waals surface area contributed by atoms with Crippen molar-refractivity contribution >= 4 is 11.8 Å². The zero-order chi connectivity index (χ0) is 18.2. The summed E-state index contributed by atoms with van der Waals surface area (Å²) in [6.45, 7) is 3.85. The molecular formula is C19H25N3O3. The van der Waals surface area contributed by atoms with Crippen LogP contribution >= 0.6 is 0 Å². The van der Waals surface area contributed by atoms with E-state index in [2.05, 4.69) is 10.3 Å². The monoisotopic (exact) mass is 343 g/mol. The van der Waals surface area contributed by atoms with Crippen molar-refractivity contribution in [2.75, 3.05) is 0 Å². The number of carbonyl (C=O) groups excluding carboxylic acids is 2. The molecule has 1 aromatic carbocycles. The van der Waals surface area contributed by atoms with Crippen molar-refractivity contribution in [3.8, 4) is 11.3 Å². The molecule has 2 amide bonds. The molecule has 0 aliphatic carbocycles. The zero-order valence-corrected chi connectivity index (χ0v) is 14.7. The third kappa shape index (κ3) is 5.45. The fraction of sp³-hybridized carbons (Fsp3) is 0.421. The second-order valence-corrected chi connectivity index (χ2v) is 6.17. The van der Waals surface area contributed by atoms with Gasteiger partial charge in [0.05, 0.1) is 6.20 Å². The Labute approximate surface area is 147 Å². The standard InChI is InChI=1S/C19H25N3O3/c1-3-13(2)18(19(20)24)22-16(23)10-7-11-17-21-12-15(25-17)14-8-5-4-6-9-14/h4-6,8-9,12-13,18H,3,7,10-11H2,1-2H3,(H2,20,24)(H,22,23). The van der Waals surface area contributed by atoms with Crippen LogP contribution in [-0.4, -0.2) is 22.8 Å². The SMILES string of the molecule is CCC(C)C(NC(=O)CCCc1ncc(-c2ccccc2)o1)C(N)=O. The lowest BCUT2D eigenvalue weighted by Crippen LogP contribution is -2.48. The maximum atomic E-state index is 12.0. The largest absolute Gasteiger partial charge is 0.441 e. The summed E-state index contributed by atoms with van der Waals surface area (Å²) in [7, 11) is 0. The second-order valence-electron chi connectivity index (χ2n) is 6.17. The molecule has 134 valence electrons. The highest BCUT2D eigenvalue weighted by molar-refractivity contribution is 5.86. The van der Waals surface area contributed by atoms with Gasteiger partial charge < -0.3 is 15.5 Å². The van der Waals surface area contributed by atoms with Crippen molar-refractivity contribution < 1.29 is 14.0 Å². The topological polar surface area (TPSA) is 98.2 Å². The molecule has 0 spiro atoms. The van der Waals surface area contributed by atoms with Gasteiger partial charge in [-0.3, -0.25) is 9.59 Å². The van der Waals surface area contributed by atoms with Crippen molar-refractivity contribution in [3.63, 3.8) is 0 Å². The molecule has 3 N–H and O–H groups in total. The smallest absolute Gasteiger partial charge is 0.240 e. The Hall–Kier alpha value is -2.63. The normalized spacial score (nSPS) is 13.2. The molecule has 0 fully saturated rings. The van der Waals surface area contributed by atoms with E-state index in [4.69, 9.17) is 10.2 Å². The van der Waals surface area contributed by atoms with Crippen LogP contribution in [0.5, 0.6) is 0 Å². The number of aromatic nitrogens is 1. The number of nitrogens with two attached hydrogens (primary N) is 1. The van der Waals surface area contributed by atoms with Gasteiger partial charge in [-0.05, 0) is 12.3 Å². The summed E-state index contributed by atoms with van der Waals surface area (Å²) in [5, 5.41) is 2.72. The maximum absolute atomic E-state index is 12.0. The van der Waals surface area contributed by atoms with Gasteiger partial charge in [-0.25, -0.2) is 4.98 Å². The number of primary amides is 1. The molecule has 0 aliphatic heterocycles. The minimum Gasteiger partial charge on any atom is -0.441 e. The van der Waals surface area contributed by atoms with Crippen LogP contribution < -0.4 is 11.1 Å². The van der Waals surface area contributed by atoms with Gasteiger partial charge in [0.1, 0.15) is 6.04 Å². The molecule has 2 aromatic rings. The number of hydrogen-bond donors (Lipinski definition) is 2. The highest BCUT2D eigenvalue weighted by Gasteiger charge is 2.23. The second kappa shape index (κ2) is 9.01. The summed E-state index contributed by atoms with van der Waals surface area (Å²) < 4.78 is 5.71. The third-order valence-corrected chi connectivity index (χ3v) is 4.24. The van der Waals surface area contributed by atoms with Crippen LogP contribution in [-0.2, 0) is 16.0 Å². The van der Waals surface area contributed by atoms with Crippen LogP contribution in [0.15, 0.2) is 40.9 Å². The molecule has 6 nitrogen and oxygen atoms in total. The molecule has 0 radical (unpaired) electrons. The Morgan fingerprint density at radius 2 is 2.00 bits per heavy atom. The molecule has 0 bridgehead atoms. The summed E-state index contributed by atoms with van der Waals surface area (Å²) in [4.78, 5) is 27.7. The molecular weight excluding hydrogens is 318 g/mol. The lowest BCUT2D eigenvalue weighted by Gasteiger charge is -2.21. The molecule has 2 rings (SSSR count). The van der Waals surface area contributed by atoms with Gasteiger partial charge in [0.25, 0.3) is 0 Å². The van der Waals surface area contributed by atoms with Crippen molar-refractivity contribution in [3.05, 3.63) is 42.4 Å². The summed E-state index contributed by atoms with van der Waals surface area (Å²) in [6.07, 6.45) is 3.91. The fourth-order valence-corrected chi connectivity index (χ4v) is 2.54. The number of nitrogens with one attached hydrogen (secondary N) is 1. The first-order chi connectivity index (χ1) is 12.0. The van der Waals surface area contributed by atoms with Crippen molar-refractivity contribution in [2.45, 2.75) is 45.6 Å². The van der Waals surface area contributed by atoms with Crippen LogP contribution in [0.2, 0.25) is 0 Å². The predicted octanol–water partition coefficient (Wildman–Crippen LogP) is 2.68. The Morgan fingerprint density at radius 3 is 2.64 bits per heavy atom. The number of oxazole rings is 1. The molecule has 0 saturated heterocycles. The number of amides is 2. The Morgan fingerprint density at radius 1 is 1.28 bits per heavy atom. The third-order valence-electron chi connectivity index (χ3n) is 4.24. The van der Waals surface area contributed by atoms with E-state index in [0.717, 1.165) is 12.0 Å².